The predicted octanol–water partition coefficient (Wildman–Crippen LogP) is 4.00. The molecule has 0 spiro atoms. The van der Waals surface area contributed by atoms with Gasteiger partial charge in [0.05, 0.1) is 5.56 Å². The number of halogens is 1. The van der Waals surface area contributed by atoms with E-state index in [2.05, 4.69) is 5.32 Å². The molecule has 1 amide bonds. The van der Waals surface area contributed by atoms with E-state index in [4.69, 9.17) is 0 Å². The Morgan fingerprint density at radius 3 is 2.95 bits per heavy atom. The number of hydrogen-bond donors (Lipinski definition) is 1. The zero-order chi connectivity index (χ0) is 14.8. The Kier molecular flexibility index (Phi) is 4.06. The molecule has 0 fully saturated rings. The van der Waals surface area contributed by atoms with E-state index in [0.29, 0.717) is 12.1 Å². The van der Waals surface area contributed by atoms with Crippen LogP contribution in [0.2, 0.25) is 0 Å². The van der Waals surface area contributed by atoms with Gasteiger partial charge in [0.1, 0.15) is 5.82 Å². The van der Waals surface area contributed by atoms with Crippen molar-refractivity contribution in [2.24, 2.45) is 0 Å². The molecule has 21 heavy (non-hydrogen) atoms. The van der Waals surface area contributed by atoms with Gasteiger partial charge in [0.25, 0.3) is 5.91 Å². The molecule has 0 bridgehead atoms. The molecule has 0 saturated heterocycles. The molecular weight excluding hydrogens is 285 g/mol. The summed E-state index contributed by atoms with van der Waals surface area (Å²) in [6.07, 6.45) is 4.47. The molecule has 3 rings (SSSR count). The fourth-order valence-electron chi connectivity index (χ4n) is 2.71. The van der Waals surface area contributed by atoms with E-state index in [1.807, 2.05) is 11.4 Å². The van der Waals surface area contributed by atoms with Crippen molar-refractivity contribution in [3.63, 3.8) is 0 Å². The third-order valence-electron chi connectivity index (χ3n) is 4.00. The zero-order valence-electron chi connectivity index (χ0n) is 12.0. The van der Waals surface area contributed by atoms with Gasteiger partial charge >= 0.3 is 0 Å². The lowest BCUT2D eigenvalue weighted by Gasteiger charge is -2.13. The first-order chi connectivity index (χ1) is 10.1. The number of thiophene rings is 1. The van der Waals surface area contributed by atoms with Crippen LogP contribution in [0.25, 0.3) is 0 Å². The number of carbonyl (C=O) groups is 1. The topological polar surface area (TPSA) is 29.1 Å². The van der Waals surface area contributed by atoms with Crippen LogP contribution in [0.1, 0.15) is 44.8 Å². The number of benzene rings is 1. The van der Waals surface area contributed by atoms with E-state index >= 15 is 0 Å². The Balaban J connectivity index is 1.69. The molecule has 0 saturated carbocycles. The second-order valence-corrected chi connectivity index (χ2v) is 6.49. The van der Waals surface area contributed by atoms with Crippen molar-refractivity contribution < 1.29 is 9.18 Å². The molecule has 1 heterocycles. The van der Waals surface area contributed by atoms with E-state index in [9.17, 15) is 9.18 Å². The van der Waals surface area contributed by atoms with Gasteiger partial charge in [0.15, 0.2) is 0 Å². The van der Waals surface area contributed by atoms with Gasteiger partial charge in [-0.1, -0.05) is 12.1 Å². The Hall–Kier alpha value is -1.68. The minimum Gasteiger partial charge on any atom is -0.348 e. The predicted molar refractivity (Wildman–Crippen MR) is 83.3 cm³/mol. The van der Waals surface area contributed by atoms with E-state index in [1.165, 1.54) is 22.9 Å². The highest BCUT2D eigenvalue weighted by Gasteiger charge is 2.19. The van der Waals surface area contributed by atoms with Crippen molar-refractivity contribution in [1.29, 1.82) is 0 Å². The van der Waals surface area contributed by atoms with Crippen LogP contribution in [-0.2, 0) is 19.4 Å². The van der Waals surface area contributed by atoms with E-state index in [0.717, 1.165) is 30.4 Å². The number of hydrogen-bond acceptors (Lipinski definition) is 2. The molecule has 0 atom stereocenters. The van der Waals surface area contributed by atoms with Crippen LogP contribution in [0.3, 0.4) is 0 Å². The molecule has 110 valence electrons. The maximum absolute atomic E-state index is 13.5. The van der Waals surface area contributed by atoms with Crippen molar-refractivity contribution in [3.8, 4) is 0 Å². The monoisotopic (exact) mass is 303 g/mol. The number of aryl methyl sites for hydroxylation is 2. The Morgan fingerprint density at radius 2 is 2.14 bits per heavy atom. The number of carbonyl (C=O) groups excluding carboxylic acids is 1. The fourth-order valence-corrected chi connectivity index (χ4v) is 3.83. The normalized spacial score (nSPS) is 13.8. The van der Waals surface area contributed by atoms with E-state index in [-0.39, 0.29) is 11.7 Å². The van der Waals surface area contributed by atoms with E-state index in [1.54, 1.807) is 24.3 Å². The van der Waals surface area contributed by atoms with Gasteiger partial charge in [-0.3, -0.25) is 4.79 Å². The minimum absolute atomic E-state index is 0.0459. The van der Waals surface area contributed by atoms with Gasteiger partial charge < -0.3 is 5.32 Å². The number of rotatable bonds is 3. The Labute approximate surface area is 128 Å². The second-order valence-electron chi connectivity index (χ2n) is 5.52. The van der Waals surface area contributed by atoms with Crippen molar-refractivity contribution in [1.82, 2.24) is 5.32 Å². The number of amides is 1. The summed E-state index contributed by atoms with van der Waals surface area (Å²) in [6.45, 7) is 2.09. The molecule has 0 aliphatic heterocycles. The van der Waals surface area contributed by atoms with Crippen LogP contribution in [0.4, 0.5) is 4.39 Å². The summed E-state index contributed by atoms with van der Waals surface area (Å²) in [5, 5.41) is 4.86. The summed E-state index contributed by atoms with van der Waals surface area (Å²) in [6, 6.07) is 5.07. The minimum atomic E-state index is -0.227. The number of fused-ring (bicyclic) bond motifs is 1. The van der Waals surface area contributed by atoms with Gasteiger partial charge in [-0.15, -0.1) is 11.3 Å². The third-order valence-corrected chi connectivity index (χ3v) is 5.08. The average molecular weight is 303 g/mol. The van der Waals surface area contributed by atoms with Crippen molar-refractivity contribution in [3.05, 3.63) is 56.5 Å². The summed E-state index contributed by atoms with van der Waals surface area (Å²) in [4.78, 5) is 13.7. The maximum Gasteiger partial charge on any atom is 0.252 e. The van der Waals surface area contributed by atoms with Crippen LogP contribution < -0.4 is 5.32 Å². The van der Waals surface area contributed by atoms with Gasteiger partial charge in [0, 0.05) is 16.8 Å². The summed E-state index contributed by atoms with van der Waals surface area (Å²) >= 11 is 1.69. The lowest BCUT2D eigenvalue weighted by Crippen LogP contribution is -2.24. The highest BCUT2D eigenvalue weighted by atomic mass is 32.1. The largest absolute Gasteiger partial charge is 0.348 e. The lowest BCUT2D eigenvalue weighted by atomic mass is 9.95. The molecule has 1 aliphatic carbocycles. The van der Waals surface area contributed by atoms with Gasteiger partial charge in [-0.25, -0.2) is 4.39 Å². The molecule has 1 N–H and O–H groups in total. The Bertz CT molecular complexity index is 677. The van der Waals surface area contributed by atoms with Crippen molar-refractivity contribution in [2.45, 2.75) is 39.2 Å². The Morgan fingerprint density at radius 1 is 1.33 bits per heavy atom. The van der Waals surface area contributed by atoms with Gasteiger partial charge in [-0.05, 0) is 55.4 Å². The third kappa shape index (κ3) is 3.00. The summed E-state index contributed by atoms with van der Waals surface area (Å²) < 4.78 is 13.5. The molecule has 4 heteroatoms. The van der Waals surface area contributed by atoms with E-state index < -0.39 is 0 Å². The molecule has 2 aromatic rings. The molecule has 2 nitrogen and oxygen atoms in total. The van der Waals surface area contributed by atoms with Gasteiger partial charge in [-0.2, -0.15) is 0 Å². The first-order valence-corrected chi connectivity index (χ1v) is 8.15. The summed E-state index contributed by atoms with van der Waals surface area (Å²) in [5.74, 6) is -0.273. The SMILES string of the molecule is Cc1ccc(CNC(=O)c2csc3c2CCCC3)cc1F. The quantitative estimate of drug-likeness (QED) is 0.912. The smallest absolute Gasteiger partial charge is 0.252 e. The number of nitrogens with one attached hydrogen (secondary N) is 1. The summed E-state index contributed by atoms with van der Waals surface area (Å²) in [7, 11) is 0. The van der Waals surface area contributed by atoms with Crippen LogP contribution in [0.5, 0.6) is 0 Å². The molecule has 1 aliphatic rings. The van der Waals surface area contributed by atoms with Crippen LogP contribution in [-0.4, -0.2) is 5.91 Å². The highest BCUT2D eigenvalue weighted by molar-refractivity contribution is 7.10. The molecule has 1 aromatic heterocycles. The average Bonchev–Trinajstić information content (AvgIpc) is 2.92. The lowest BCUT2D eigenvalue weighted by molar-refractivity contribution is 0.0950. The molecule has 0 unspecified atom stereocenters. The fraction of sp³-hybridized carbons (Fsp3) is 0.353. The standard InChI is InChI=1S/C17H18FNOS/c1-11-6-7-12(8-15(11)18)9-19-17(20)14-10-21-16-5-3-2-4-13(14)16/h6-8,10H,2-5,9H2,1H3,(H,19,20). The first kappa shape index (κ1) is 14.3. The van der Waals surface area contributed by atoms with Crippen LogP contribution in [0, 0.1) is 12.7 Å². The molecule has 0 radical (unpaired) electrons. The molecular formula is C17H18FNOS. The second kappa shape index (κ2) is 5.98. The van der Waals surface area contributed by atoms with Crippen molar-refractivity contribution in [2.75, 3.05) is 0 Å². The van der Waals surface area contributed by atoms with Crippen LogP contribution >= 0.6 is 11.3 Å². The summed E-state index contributed by atoms with van der Waals surface area (Å²) in [5.41, 5.74) is 3.44. The van der Waals surface area contributed by atoms with Crippen LogP contribution in [0.15, 0.2) is 23.6 Å². The van der Waals surface area contributed by atoms with Gasteiger partial charge in [0.2, 0.25) is 0 Å². The highest BCUT2D eigenvalue weighted by Crippen LogP contribution is 2.30. The zero-order valence-corrected chi connectivity index (χ0v) is 12.9. The first-order valence-electron chi connectivity index (χ1n) is 7.27. The van der Waals surface area contributed by atoms with Crippen molar-refractivity contribution >= 4 is 17.2 Å². The maximum atomic E-state index is 13.5. The molecule has 1 aromatic carbocycles.